The molecule has 18 heavy (non-hydrogen) atoms. The summed E-state index contributed by atoms with van der Waals surface area (Å²) >= 11 is 0. The molecule has 3 nitrogen and oxygen atoms in total. The van der Waals surface area contributed by atoms with Crippen molar-refractivity contribution in [2.24, 2.45) is 17.6 Å². The molecule has 0 heterocycles. The van der Waals surface area contributed by atoms with Gasteiger partial charge in [0, 0.05) is 6.54 Å². The molecule has 0 aromatic heterocycles. The predicted molar refractivity (Wildman–Crippen MR) is 75.1 cm³/mol. The van der Waals surface area contributed by atoms with Crippen molar-refractivity contribution in [1.82, 2.24) is 5.32 Å². The number of rotatable bonds is 5. The summed E-state index contributed by atoms with van der Waals surface area (Å²) in [7, 11) is 0. The summed E-state index contributed by atoms with van der Waals surface area (Å²) in [6.07, 6.45) is 0. The number of benzene rings is 1. The molecule has 100 valence electrons. The molecule has 0 aliphatic rings. The maximum Gasteiger partial charge on any atom is 0.225 e. The largest absolute Gasteiger partial charge is 0.349 e. The summed E-state index contributed by atoms with van der Waals surface area (Å²) in [5.41, 5.74) is 7.99. The van der Waals surface area contributed by atoms with Crippen LogP contribution in [0.25, 0.3) is 0 Å². The van der Waals surface area contributed by atoms with Crippen LogP contribution < -0.4 is 11.1 Å². The smallest absolute Gasteiger partial charge is 0.225 e. The topological polar surface area (TPSA) is 55.1 Å². The Kier molecular flexibility index (Phi) is 5.35. The highest BCUT2D eigenvalue weighted by molar-refractivity contribution is 5.79. The first-order valence-electron chi connectivity index (χ1n) is 6.52. The van der Waals surface area contributed by atoms with Gasteiger partial charge in [0.1, 0.15) is 0 Å². The van der Waals surface area contributed by atoms with Crippen molar-refractivity contribution >= 4 is 5.91 Å². The molecule has 3 heteroatoms. The van der Waals surface area contributed by atoms with E-state index in [-0.39, 0.29) is 23.8 Å². The first-order valence-corrected chi connectivity index (χ1v) is 6.52. The van der Waals surface area contributed by atoms with Crippen molar-refractivity contribution in [1.29, 1.82) is 0 Å². The van der Waals surface area contributed by atoms with Gasteiger partial charge in [-0.15, -0.1) is 0 Å². The first-order chi connectivity index (χ1) is 8.45. The molecule has 0 aliphatic heterocycles. The summed E-state index contributed by atoms with van der Waals surface area (Å²) in [5, 5.41) is 3.03. The van der Waals surface area contributed by atoms with Crippen LogP contribution in [0, 0.1) is 18.8 Å². The number of nitrogens with one attached hydrogen (secondary N) is 1. The number of nitrogens with two attached hydrogens (primary N) is 1. The summed E-state index contributed by atoms with van der Waals surface area (Å²) in [4.78, 5) is 12.1. The maximum absolute atomic E-state index is 12.1. The SMILES string of the molecule is Cc1ccc([C@@H](C)NC(=O)C(CN)C(C)C)cc1. The Morgan fingerprint density at radius 1 is 1.22 bits per heavy atom. The van der Waals surface area contributed by atoms with Gasteiger partial charge in [0.2, 0.25) is 5.91 Å². The van der Waals surface area contributed by atoms with Gasteiger partial charge in [-0.25, -0.2) is 0 Å². The molecule has 2 atom stereocenters. The molecule has 0 bridgehead atoms. The molecule has 1 aromatic rings. The van der Waals surface area contributed by atoms with Crippen LogP contribution in [0.5, 0.6) is 0 Å². The summed E-state index contributed by atoms with van der Waals surface area (Å²) < 4.78 is 0. The zero-order valence-electron chi connectivity index (χ0n) is 11.7. The Labute approximate surface area is 110 Å². The predicted octanol–water partition coefficient (Wildman–Crippen LogP) is 2.40. The van der Waals surface area contributed by atoms with E-state index in [1.54, 1.807) is 0 Å². The molecule has 1 unspecified atom stereocenters. The van der Waals surface area contributed by atoms with Gasteiger partial charge >= 0.3 is 0 Å². The molecular weight excluding hydrogens is 224 g/mol. The second kappa shape index (κ2) is 6.55. The molecule has 0 saturated heterocycles. The fourth-order valence-electron chi connectivity index (χ4n) is 1.94. The lowest BCUT2D eigenvalue weighted by molar-refractivity contribution is -0.126. The summed E-state index contributed by atoms with van der Waals surface area (Å²) in [6, 6.07) is 8.23. The fraction of sp³-hybridized carbons (Fsp3) is 0.533. The van der Waals surface area contributed by atoms with Crippen molar-refractivity contribution < 1.29 is 4.79 Å². The number of aryl methyl sites for hydroxylation is 1. The Hall–Kier alpha value is -1.35. The second-order valence-corrected chi connectivity index (χ2v) is 5.23. The van der Waals surface area contributed by atoms with E-state index in [0.29, 0.717) is 6.54 Å². The zero-order chi connectivity index (χ0) is 13.7. The maximum atomic E-state index is 12.1. The molecule has 0 spiro atoms. The summed E-state index contributed by atoms with van der Waals surface area (Å²) in [5.74, 6) is 0.193. The van der Waals surface area contributed by atoms with E-state index in [1.165, 1.54) is 5.56 Å². The Bertz CT molecular complexity index is 384. The number of carbonyl (C=O) groups excluding carboxylic acids is 1. The van der Waals surface area contributed by atoms with Crippen molar-refractivity contribution in [3.8, 4) is 0 Å². The van der Waals surface area contributed by atoms with Gasteiger partial charge < -0.3 is 11.1 Å². The highest BCUT2D eigenvalue weighted by Gasteiger charge is 2.21. The Balaban J connectivity index is 2.66. The number of hydrogen-bond donors (Lipinski definition) is 2. The normalized spacial score (nSPS) is 14.3. The highest BCUT2D eigenvalue weighted by atomic mass is 16.2. The number of carbonyl (C=O) groups is 1. The van der Waals surface area contributed by atoms with E-state index in [9.17, 15) is 4.79 Å². The van der Waals surface area contributed by atoms with Crippen LogP contribution in [0.1, 0.15) is 37.9 Å². The minimum Gasteiger partial charge on any atom is -0.349 e. The van der Waals surface area contributed by atoms with Gasteiger partial charge in [0.15, 0.2) is 0 Å². The van der Waals surface area contributed by atoms with Crippen LogP contribution in [0.4, 0.5) is 0 Å². The van der Waals surface area contributed by atoms with E-state index in [4.69, 9.17) is 5.73 Å². The highest BCUT2D eigenvalue weighted by Crippen LogP contribution is 2.16. The quantitative estimate of drug-likeness (QED) is 0.840. The van der Waals surface area contributed by atoms with Gasteiger partial charge in [-0.1, -0.05) is 43.7 Å². The minimum absolute atomic E-state index is 0.0194. The van der Waals surface area contributed by atoms with Crippen LogP contribution in [0.2, 0.25) is 0 Å². The average molecular weight is 248 g/mol. The van der Waals surface area contributed by atoms with Gasteiger partial charge in [0.05, 0.1) is 12.0 Å². The Morgan fingerprint density at radius 3 is 2.22 bits per heavy atom. The number of hydrogen-bond acceptors (Lipinski definition) is 2. The lowest BCUT2D eigenvalue weighted by Gasteiger charge is -2.22. The lowest BCUT2D eigenvalue weighted by atomic mass is 9.94. The second-order valence-electron chi connectivity index (χ2n) is 5.23. The molecule has 0 saturated carbocycles. The Morgan fingerprint density at radius 2 is 1.78 bits per heavy atom. The minimum atomic E-state index is -0.113. The zero-order valence-corrected chi connectivity index (χ0v) is 11.7. The molecule has 1 rings (SSSR count). The van der Waals surface area contributed by atoms with Crippen LogP contribution >= 0.6 is 0 Å². The third-order valence-electron chi connectivity index (χ3n) is 3.33. The molecule has 3 N–H and O–H groups in total. The van der Waals surface area contributed by atoms with Crippen molar-refractivity contribution in [2.75, 3.05) is 6.54 Å². The van der Waals surface area contributed by atoms with Crippen LogP contribution in [-0.4, -0.2) is 12.5 Å². The van der Waals surface area contributed by atoms with Crippen LogP contribution in [0.3, 0.4) is 0 Å². The lowest BCUT2D eigenvalue weighted by Crippen LogP contribution is -2.39. The third-order valence-corrected chi connectivity index (χ3v) is 3.33. The molecule has 0 fully saturated rings. The molecule has 0 radical (unpaired) electrons. The average Bonchev–Trinajstić information content (AvgIpc) is 2.29. The van der Waals surface area contributed by atoms with Gasteiger partial charge in [-0.05, 0) is 25.3 Å². The van der Waals surface area contributed by atoms with Crippen molar-refractivity contribution in [3.63, 3.8) is 0 Å². The van der Waals surface area contributed by atoms with E-state index >= 15 is 0 Å². The van der Waals surface area contributed by atoms with Crippen LogP contribution in [-0.2, 0) is 4.79 Å². The number of amides is 1. The van der Waals surface area contributed by atoms with E-state index in [2.05, 4.69) is 24.4 Å². The molecule has 0 aliphatic carbocycles. The van der Waals surface area contributed by atoms with E-state index < -0.39 is 0 Å². The molecule has 1 amide bonds. The summed E-state index contributed by atoms with van der Waals surface area (Å²) in [6.45, 7) is 8.48. The van der Waals surface area contributed by atoms with Gasteiger partial charge in [-0.2, -0.15) is 0 Å². The molecule has 1 aromatic carbocycles. The molecular formula is C15H24N2O. The van der Waals surface area contributed by atoms with Crippen molar-refractivity contribution in [3.05, 3.63) is 35.4 Å². The first kappa shape index (κ1) is 14.7. The van der Waals surface area contributed by atoms with Gasteiger partial charge in [0.25, 0.3) is 0 Å². The monoisotopic (exact) mass is 248 g/mol. The standard InChI is InChI=1S/C15H24N2O/c1-10(2)14(9-16)15(18)17-12(4)13-7-5-11(3)6-8-13/h5-8,10,12,14H,9,16H2,1-4H3,(H,17,18)/t12-,14?/m1/s1. The van der Waals surface area contributed by atoms with Gasteiger partial charge in [-0.3, -0.25) is 4.79 Å². The third kappa shape index (κ3) is 3.84. The van der Waals surface area contributed by atoms with Crippen molar-refractivity contribution in [2.45, 2.75) is 33.7 Å². The van der Waals surface area contributed by atoms with E-state index in [1.807, 2.05) is 32.9 Å². The van der Waals surface area contributed by atoms with Crippen LogP contribution in [0.15, 0.2) is 24.3 Å². The fourth-order valence-corrected chi connectivity index (χ4v) is 1.94. The van der Waals surface area contributed by atoms with E-state index in [0.717, 1.165) is 5.56 Å².